The first-order valence-electron chi connectivity index (χ1n) is 9.89. The Kier molecular flexibility index (Phi) is 7.55. The average Bonchev–Trinajstić information content (AvgIpc) is 2.77. The van der Waals surface area contributed by atoms with Gasteiger partial charge in [0, 0.05) is 11.4 Å². The lowest BCUT2D eigenvalue weighted by molar-refractivity contribution is 0.340. The van der Waals surface area contributed by atoms with E-state index in [1.807, 2.05) is 32.0 Å². The van der Waals surface area contributed by atoms with Crippen molar-refractivity contribution in [2.24, 2.45) is 0 Å². The summed E-state index contributed by atoms with van der Waals surface area (Å²) in [6.45, 7) is 4.25. The van der Waals surface area contributed by atoms with E-state index in [1.165, 1.54) is 0 Å². The van der Waals surface area contributed by atoms with Crippen molar-refractivity contribution in [3.63, 3.8) is 0 Å². The van der Waals surface area contributed by atoms with Crippen LogP contribution in [-0.4, -0.2) is 27.2 Å². The highest BCUT2D eigenvalue weighted by Gasteiger charge is 2.20. The van der Waals surface area contributed by atoms with Crippen molar-refractivity contribution in [3.8, 4) is 11.5 Å². The highest BCUT2D eigenvalue weighted by Crippen LogP contribution is 2.26. The molecule has 3 aromatic carbocycles. The number of benzene rings is 3. The highest BCUT2D eigenvalue weighted by atomic mass is 32.2. The molecule has 0 saturated heterocycles. The number of nitrogens with one attached hydrogen (secondary N) is 3. The molecule has 0 spiro atoms. The van der Waals surface area contributed by atoms with E-state index in [0.717, 1.165) is 17.0 Å². The number of methoxy groups -OCH3 is 1. The van der Waals surface area contributed by atoms with Gasteiger partial charge in [-0.1, -0.05) is 6.07 Å². The van der Waals surface area contributed by atoms with Gasteiger partial charge in [-0.05, 0) is 92.3 Å². The van der Waals surface area contributed by atoms with E-state index < -0.39 is 10.0 Å². The van der Waals surface area contributed by atoms with Crippen LogP contribution in [0.4, 0.5) is 17.1 Å². The van der Waals surface area contributed by atoms with Gasteiger partial charge in [-0.3, -0.25) is 4.72 Å². The predicted octanol–water partition coefficient (Wildman–Crippen LogP) is 5.01. The van der Waals surface area contributed by atoms with Crippen LogP contribution < -0.4 is 24.8 Å². The molecule has 0 fully saturated rings. The molecule has 3 aromatic rings. The molecular weight excluding hydrogens is 446 g/mol. The summed E-state index contributed by atoms with van der Waals surface area (Å²) in [7, 11) is -2.28. The molecule has 3 rings (SSSR count). The Morgan fingerprint density at radius 1 is 0.906 bits per heavy atom. The van der Waals surface area contributed by atoms with Gasteiger partial charge in [-0.2, -0.15) is 0 Å². The van der Waals surface area contributed by atoms with Crippen LogP contribution in [0.25, 0.3) is 0 Å². The van der Waals surface area contributed by atoms with Crippen molar-refractivity contribution in [2.75, 3.05) is 29.1 Å². The fraction of sp³-hybridized carbons (Fsp3) is 0.174. The van der Waals surface area contributed by atoms with Gasteiger partial charge < -0.3 is 20.1 Å². The van der Waals surface area contributed by atoms with Gasteiger partial charge in [0.2, 0.25) is 0 Å². The maximum Gasteiger partial charge on any atom is 0.263 e. The molecule has 0 bridgehead atoms. The Labute approximate surface area is 193 Å². The minimum atomic E-state index is -3.88. The summed E-state index contributed by atoms with van der Waals surface area (Å²) >= 11 is 5.38. The summed E-state index contributed by atoms with van der Waals surface area (Å²) < 4.78 is 39.4. The normalized spacial score (nSPS) is 10.8. The van der Waals surface area contributed by atoms with Gasteiger partial charge in [0.05, 0.1) is 19.4 Å². The molecule has 0 amide bonds. The van der Waals surface area contributed by atoms with Crippen LogP contribution in [-0.2, 0) is 10.0 Å². The smallest absolute Gasteiger partial charge is 0.263 e. The van der Waals surface area contributed by atoms with E-state index in [1.54, 1.807) is 55.6 Å². The Morgan fingerprint density at radius 3 is 2.16 bits per heavy atom. The fourth-order valence-corrected chi connectivity index (χ4v) is 4.44. The molecule has 0 aliphatic heterocycles. The maximum atomic E-state index is 13.1. The zero-order chi connectivity index (χ0) is 23.1. The molecule has 32 heavy (non-hydrogen) atoms. The number of hydrogen-bond donors (Lipinski definition) is 3. The molecule has 168 valence electrons. The highest BCUT2D eigenvalue weighted by molar-refractivity contribution is 7.93. The first-order chi connectivity index (χ1) is 15.3. The van der Waals surface area contributed by atoms with E-state index in [9.17, 15) is 8.42 Å². The van der Waals surface area contributed by atoms with Gasteiger partial charge in [-0.25, -0.2) is 8.42 Å². The fourth-order valence-electron chi connectivity index (χ4n) is 2.91. The van der Waals surface area contributed by atoms with Crippen LogP contribution in [0, 0.1) is 6.92 Å². The summed E-state index contributed by atoms with van der Waals surface area (Å²) in [5, 5.41) is 6.28. The van der Waals surface area contributed by atoms with Crippen LogP contribution in [0.5, 0.6) is 11.5 Å². The van der Waals surface area contributed by atoms with Gasteiger partial charge in [0.1, 0.15) is 16.4 Å². The van der Waals surface area contributed by atoms with E-state index in [4.69, 9.17) is 21.7 Å². The lowest BCUT2D eigenvalue weighted by Crippen LogP contribution is -2.22. The standard InChI is InChI=1S/C23H25N3O4S2/c1-4-30-20-12-8-18(9-13-20)26-32(27,28)22-15-16(2)5-14-21(22)25-23(31)24-17-6-10-19(29-3)11-7-17/h5-15,26H,4H2,1-3H3,(H2,24,25,31). The first-order valence-corrected chi connectivity index (χ1v) is 11.8. The second kappa shape index (κ2) is 10.3. The van der Waals surface area contributed by atoms with E-state index >= 15 is 0 Å². The quantitative estimate of drug-likeness (QED) is 0.398. The zero-order valence-electron chi connectivity index (χ0n) is 18.0. The third kappa shape index (κ3) is 6.12. The number of ether oxygens (including phenoxy) is 2. The van der Waals surface area contributed by atoms with Crippen molar-refractivity contribution < 1.29 is 17.9 Å². The summed E-state index contributed by atoms with van der Waals surface area (Å²) in [5.74, 6) is 1.39. The minimum Gasteiger partial charge on any atom is -0.497 e. The number of aryl methyl sites for hydroxylation is 1. The molecular formula is C23H25N3O4S2. The van der Waals surface area contributed by atoms with Crippen molar-refractivity contribution in [1.29, 1.82) is 0 Å². The molecule has 0 radical (unpaired) electrons. The summed E-state index contributed by atoms with van der Waals surface area (Å²) in [6, 6.07) is 19.0. The second-order valence-corrected chi connectivity index (χ2v) is 8.93. The first kappa shape index (κ1) is 23.4. The molecule has 0 atom stereocenters. The molecule has 9 heteroatoms. The van der Waals surface area contributed by atoms with Gasteiger partial charge in [0.15, 0.2) is 5.11 Å². The summed E-state index contributed by atoms with van der Waals surface area (Å²) in [6.07, 6.45) is 0. The summed E-state index contributed by atoms with van der Waals surface area (Å²) in [5.41, 5.74) is 2.34. The Balaban J connectivity index is 1.78. The molecule has 0 saturated carbocycles. The monoisotopic (exact) mass is 471 g/mol. The lowest BCUT2D eigenvalue weighted by atomic mass is 10.2. The van der Waals surface area contributed by atoms with Gasteiger partial charge in [0.25, 0.3) is 10.0 Å². The summed E-state index contributed by atoms with van der Waals surface area (Å²) in [4.78, 5) is 0.0882. The third-order valence-electron chi connectivity index (χ3n) is 4.44. The third-order valence-corrected chi connectivity index (χ3v) is 6.07. The van der Waals surface area contributed by atoms with E-state index in [0.29, 0.717) is 23.7 Å². The molecule has 0 unspecified atom stereocenters. The zero-order valence-corrected chi connectivity index (χ0v) is 19.6. The Bertz CT molecular complexity index is 1180. The molecule has 0 aromatic heterocycles. The van der Waals surface area contributed by atoms with Crippen LogP contribution in [0.15, 0.2) is 71.6 Å². The number of thiocarbonyl (C=S) groups is 1. The molecule has 0 aliphatic rings. The second-order valence-electron chi connectivity index (χ2n) is 6.87. The van der Waals surface area contributed by atoms with Crippen molar-refractivity contribution in [3.05, 3.63) is 72.3 Å². The number of hydrogen-bond acceptors (Lipinski definition) is 5. The Hall–Kier alpha value is -3.30. The van der Waals surface area contributed by atoms with Crippen LogP contribution in [0.2, 0.25) is 0 Å². The van der Waals surface area contributed by atoms with E-state index in [2.05, 4.69) is 15.4 Å². The van der Waals surface area contributed by atoms with Crippen molar-refractivity contribution in [1.82, 2.24) is 0 Å². The average molecular weight is 472 g/mol. The number of rotatable bonds is 8. The predicted molar refractivity (Wildman–Crippen MR) is 132 cm³/mol. The maximum absolute atomic E-state index is 13.1. The van der Waals surface area contributed by atoms with E-state index in [-0.39, 0.29) is 10.0 Å². The molecule has 0 heterocycles. The minimum absolute atomic E-state index is 0.0882. The lowest BCUT2D eigenvalue weighted by Gasteiger charge is -2.16. The number of anilines is 3. The van der Waals surface area contributed by atoms with Crippen molar-refractivity contribution >= 4 is 44.4 Å². The Morgan fingerprint density at radius 2 is 1.53 bits per heavy atom. The topological polar surface area (TPSA) is 88.7 Å². The molecule has 7 nitrogen and oxygen atoms in total. The largest absolute Gasteiger partial charge is 0.497 e. The van der Waals surface area contributed by atoms with Crippen LogP contribution in [0.1, 0.15) is 12.5 Å². The SMILES string of the molecule is CCOc1ccc(NS(=O)(=O)c2cc(C)ccc2NC(=S)Nc2ccc(OC)cc2)cc1. The number of sulfonamides is 1. The van der Waals surface area contributed by atoms with Crippen LogP contribution >= 0.6 is 12.2 Å². The molecule has 0 aliphatic carbocycles. The van der Waals surface area contributed by atoms with Crippen molar-refractivity contribution in [2.45, 2.75) is 18.7 Å². The van der Waals surface area contributed by atoms with Gasteiger partial charge in [-0.15, -0.1) is 0 Å². The molecule has 3 N–H and O–H groups in total. The van der Waals surface area contributed by atoms with Crippen LogP contribution in [0.3, 0.4) is 0 Å². The van der Waals surface area contributed by atoms with Gasteiger partial charge >= 0.3 is 0 Å².